The lowest BCUT2D eigenvalue weighted by molar-refractivity contribution is -0.143. The quantitative estimate of drug-likeness (QED) is 0.746. The van der Waals surface area contributed by atoms with Crippen molar-refractivity contribution in [3.63, 3.8) is 0 Å². The molecule has 1 aromatic rings. The summed E-state index contributed by atoms with van der Waals surface area (Å²) >= 11 is 0. The van der Waals surface area contributed by atoms with Gasteiger partial charge in [-0.15, -0.1) is 0 Å². The van der Waals surface area contributed by atoms with Crippen LogP contribution in [0.3, 0.4) is 0 Å². The highest BCUT2D eigenvalue weighted by atomic mass is 16.5. The summed E-state index contributed by atoms with van der Waals surface area (Å²) in [6.45, 7) is 1.99. The average molecular weight is 223 g/mol. The molecule has 1 unspecified atom stereocenters. The lowest BCUT2D eigenvalue weighted by Gasteiger charge is -2.19. The predicted molar refractivity (Wildman–Crippen MR) is 58.8 cm³/mol. The SMILES string of the molecule is COC(=O)C(N)C1(c2nn(C)cc2C)CC1. The molecule has 1 aliphatic carbocycles. The summed E-state index contributed by atoms with van der Waals surface area (Å²) in [6.07, 6.45) is 3.75. The first-order valence-corrected chi connectivity index (χ1v) is 5.35. The van der Waals surface area contributed by atoms with Gasteiger partial charge in [0, 0.05) is 18.7 Å². The van der Waals surface area contributed by atoms with Crippen molar-refractivity contribution in [3.05, 3.63) is 17.5 Å². The van der Waals surface area contributed by atoms with E-state index in [0.717, 1.165) is 24.1 Å². The number of nitrogens with zero attached hydrogens (tertiary/aromatic N) is 2. The Morgan fingerprint density at radius 1 is 1.69 bits per heavy atom. The van der Waals surface area contributed by atoms with E-state index in [1.54, 1.807) is 4.68 Å². The van der Waals surface area contributed by atoms with E-state index in [-0.39, 0.29) is 11.4 Å². The average Bonchev–Trinajstić information content (AvgIpc) is 2.98. The Morgan fingerprint density at radius 2 is 2.31 bits per heavy atom. The Labute approximate surface area is 94.6 Å². The highest BCUT2D eigenvalue weighted by Crippen LogP contribution is 2.50. The molecule has 1 atom stereocenters. The minimum absolute atomic E-state index is 0.293. The zero-order valence-electron chi connectivity index (χ0n) is 9.86. The molecule has 1 saturated carbocycles. The molecular formula is C11H17N3O2. The third kappa shape index (κ3) is 1.51. The van der Waals surface area contributed by atoms with E-state index < -0.39 is 6.04 Å². The summed E-state index contributed by atoms with van der Waals surface area (Å²) in [6, 6.07) is -0.605. The van der Waals surface area contributed by atoms with Crippen LogP contribution in [0.4, 0.5) is 0 Å². The number of methoxy groups -OCH3 is 1. The van der Waals surface area contributed by atoms with Gasteiger partial charge >= 0.3 is 5.97 Å². The van der Waals surface area contributed by atoms with Crippen LogP contribution in [-0.4, -0.2) is 28.9 Å². The van der Waals surface area contributed by atoms with Crippen LogP contribution in [0.25, 0.3) is 0 Å². The molecule has 2 rings (SSSR count). The van der Waals surface area contributed by atoms with Crippen LogP contribution in [0.15, 0.2) is 6.20 Å². The van der Waals surface area contributed by atoms with Gasteiger partial charge in [0.2, 0.25) is 0 Å². The number of carbonyl (C=O) groups excluding carboxylic acids is 1. The molecule has 2 N–H and O–H groups in total. The van der Waals surface area contributed by atoms with Gasteiger partial charge in [-0.25, -0.2) is 0 Å². The van der Waals surface area contributed by atoms with E-state index in [9.17, 15) is 4.79 Å². The molecule has 0 amide bonds. The van der Waals surface area contributed by atoms with E-state index in [4.69, 9.17) is 10.5 Å². The van der Waals surface area contributed by atoms with E-state index >= 15 is 0 Å². The number of hydrogen-bond donors (Lipinski definition) is 1. The molecule has 1 heterocycles. The monoisotopic (exact) mass is 223 g/mol. The number of esters is 1. The molecule has 88 valence electrons. The summed E-state index contributed by atoms with van der Waals surface area (Å²) in [5.74, 6) is -0.359. The van der Waals surface area contributed by atoms with Crippen LogP contribution >= 0.6 is 0 Å². The molecule has 16 heavy (non-hydrogen) atoms. The van der Waals surface area contributed by atoms with Crippen LogP contribution in [-0.2, 0) is 22.0 Å². The van der Waals surface area contributed by atoms with E-state index in [2.05, 4.69) is 5.10 Å². The fraction of sp³-hybridized carbons (Fsp3) is 0.636. The largest absolute Gasteiger partial charge is 0.468 e. The number of carbonyl (C=O) groups is 1. The Bertz CT molecular complexity index is 421. The molecule has 0 aromatic carbocycles. The Hall–Kier alpha value is -1.36. The maximum Gasteiger partial charge on any atom is 0.323 e. The van der Waals surface area contributed by atoms with Crippen molar-refractivity contribution in [2.45, 2.75) is 31.2 Å². The first-order chi connectivity index (χ1) is 7.51. The highest BCUT2D eigenvalue weighted by molar-refractivity contribution is 5.78. The molecule has 0 aliphatic heterocycles. The number of rotatable bonds is 3. The maximum atomic E-state index is 11.5. The van der Waals surface area contributed by atoms with Crippen LogP contribution in [0.1, 0.15) is 24.1 Å². The number of aromatic nitrogens is 2. The van der Waals surface area contributed by atoms with Crippen LogP contribution < -0.4 is 5.73 Å². The zero-order valence-corrected chi connectivity index (χ0v) is 9.86. The van der Waals surface area contributed by atoms with Crippen molar-refractivity contribution in [2.75, 3.05) is 7.11 Å². The van der Waals surface area contributed by atoms with Crippen molar-refractivity contribution in [2.24, 2.45) is 12.8 Å². The number of aryl methyl sites for hydroxylation is 2. The molecule has 0 bridgehead atoms. The van der Waals surface area contributed by atoms with Crippen molar-refractivity contribution in [1.82, 2.24) is 9.78 Å². The van der Waals surface area contributed by atoms with E-state index in [1.165, 1.54) is 7.11 Å². The molecule has 0 saturated heterocycles. The summed E-state index contributed by atoms with van der Waals surface area (Å²) < 4.78 is 6.47. The standard InChI is InChI=1S/C11H17N3O2/c1-7-6-14(2)13-9(7)11(4-5-11)8(12)10(15)16-3/h6,8H,4-5,12H2,1-3H3. The normalized spacial score (nSPS) is 19.2. The van der Waals surface area contributed by atoms with E-state index in [1.807, 2.05) is 20.2 Å². The molecule has 5 heteroatoms. The predicted octanol–water partition coefficient (Wildman–Crippen LogP) is 0.260. The van der Waals surface area contributed by atoms with Crippen molar-refractivity contribution < 1.29 is 9.53 Å². The molecule has 5 nitrogen and oxygen atoms in total. The zero-order chi connectivity index (χ0) is 11.9. The summed E-state index contributed by atoms with van der Waals surface area (Å²) in [5.41, 5.74) is 7.68. The number of nitrogens with two attached hydrogens (primary N) is 1. The van der Waals surface area contributed by atoms with Gasteiger partial charge in [-0.1, -0.05) is 0 Å². The van der Waals surface area contributed by atoms with Crippen molar-refractivity contribution in [1.29, 1.82) is 0 Å². The lowest BCUT2D eigenvalue weighted by Crippen LogP contribution is -2.43. The van der Waals surface area contributed by atoms with Gasteiger partial charge in [-0.2, -0.15) is 5.10 Å². The first kappa shape index (κ1) is 11.1. The summed E-state index contributed by atoms with van der Waals surface area (Å²) in [7, 11) is 3.24. The van der Waals surface area contributed by atoms with Gasteiger partial charge in [0.1, 0.15) is 6.04 Å². The molecule has 0 radical (unpaired) electrons. The molecule has 0 spiro atoms. The second kappa shape index (κ2) is 3.59. The van der Waals surface area contributed by atoms with Crippen LogP contribution in [0, 0.1) is 6.92 Å². The second-order valence-corrected chi connectivity index (χ2v) is 4.49. The Kier molecular flexibility index (Phi) is 2.50. The number of ether oxygens (including phenoxy) is 1. The highest BCUT2D eigenvalue weighted by Gasteiger charge is 2.55. The van der Waals surface area contributed by atoms with Gasteiger partial charge in [-0.05, 0) is 25.3 Å². The molecular weight excluding hydrogens is 206 g/mol. The van der Waals surface area contributed by atoms with Crippen LogP contribution in [0.2, 0.25) is 0 Å². The van der Waals surface area contributed by atoms with Crippen LogP contribution in [0.5, 0.6) is 0 Å². The second-order valence-electron chi connectivity index (χ2n) is 4.49. The summed E-state index contributed by atoms with van der Waals surface area (Å²) in [5, 5.41) is 4.41. The first-order valence-electron chi connectivity index (χ1n) is 5.35. The minimum atomic E-state index is -0.605. The molecule has 1 aliphatic rings. The minimum Gasteiger partial charge on any atom is -0.468 e. The Balaban J connectivity index is 2.33. The Morgan fingerprint density at radius 3 is 2.69 bits per heavy atom. The molecule has 1 fully saturated rings. The van der Waals surface area contributed by atoms with Gasteiger partial charge in [-0.3, -0.25) is 9.48 Å². The topological polar surface area (TPSA) is 70.1 Å². The third-order valence-corrected chi connectivity index (χ3v) is 3.32. The third-order valence-electron chi connectivity index (χ3n) is 3.32. The van der Waals surface area contributed by atoms with Crippen molar-refractivity contribution in [3.8, 4) is 0 Å². The smallest absolute Gasteiger partial charge is 0.323 e. The van der Waals surface area contributed by atoms with Gasteiger partial charge < -0.3 is 10.5 Å². The van der Waals surface area contributed by atoms with Gasteiger partial charge in [0.25, 0.3) is 0 Å². The van der Waals surface area contributed by atoms with Gasteiger partial charge in [0.05, 0.1) is 12.8 Å². The fourth-order valence-electron chi connectivity index (χ4n) is 2.28. The number of hydrogen-bond acceptors (Lipinski definition) is 4. The van der Waals surface area contributed by atoms with Gasteiger partial charge in [0.15, 0.2) is 0 Å². The lowest BCUT2D eigenvalue weighted by atomic mass is 9.91. The van der Waals surface area contributed by atoms with E-state index in [0.29, 0.717) is 0 Å². The maximum absolute atomic E-state index is 11.5. The fourth-order valence-corrected chi connectivity index (χ4v) is 2.28. The summed E-state index contributed by atoms with van der Waals surface area (Å²) in [4.78, 5) is 11.5. The van der Waals surface area contributed by atoms with Crippen molar-refractivity contribution >= 4 is 5.97 Å². The molecule has 1 aromatic heterocycles.